The maximum Gasteiger partial charge on any atom is 0.328 e. The minimum Gasteiger partial charge on any atom is -0.480 e. The quantitative estimate of drug-likeness (QED) is 0.00898. The summed E-state index contributed by atoms with van der Waals surface area (Å²) in [5.74, 6) is -8.99. The van der Waals surface area contributed by atoms with Crippen LogP contribution in [0.25, 0.3) is 0 Å². The van der Waals surface area contributed by atoms with Crippen LogP contribution in [0.4, 0.5) is 0 Å². The van der Waals surface area contributed by atoms with E-state index in [4.69, 9.17) is 49.8 Å². The molecular formula is C92H168Br9N5O26. The molecule has 0 heterocycles. The number of hydrogen-bond acceptors (Lipinski definition) is 23. The Labute approximate surface area is 866 Å². The van der Waals surface area contributed by atoms with Crippen LogP contribution in [0.5, 0.6) is 0 Å². The number of halogens is 9. The molecule has 31 nitrogen and oxygen atoms in total. The number of esters is 7. The van der Waals surface area contributed by atoms with Gasteiger partial charge in [-0.05, 0) is 172 Å². The number of unbranched alkanes of at least 4 members (excludes halogenated alkanes) is 24. The summed E-state index contributed by atoms with van der Waals surface area (Å²) in [6.07, 6.45) is 37.9. The van der Waals surface area contributed by atoms with Crippen LogP contribution in [0.15, 0.2) is 0 Å². The van der Waals surface area contributed by atoms with Crippen molar-refractivity contribution in [1.29, 1.82) is 0 Å². The summed E-state index contributed by atoms with van der Waals surface area (Å²) in [4.78, 5) is 167. The van der Waals surface area contributed by atoms with E-state index >= 15 is 0 Å². The highest BCUT2D eigenvalue weighted by Gasteiger charge is 2.44. The summed E-state index contributed by atoms with van der Waals surface area (Å²) >= 11 is 30.3. The molecule has 0 radical (unpaired) electrons. The number of hydrogen-bond donors (Lipinski definition) is 9. The van der Waals surface area contributed by atoms with E-state index in [1.165, 1.54) is 67.2 Å². The van der Waals surface area contributed by atoms with Gasteiger partial charge in [0.25, 0.3) is 0 Å². The van der Waals surface area contributed by atoms with Crippen molar-refractivity contribution in [2.24, 2.45) is 22.5 Å². The second-order valence-electron chi connectivity index (χ2n) is 30.5. The van der Waals surface area contributed by atoms with Gasteiger partial charge in [-0.3, -0.25) is 52.7 Å². The van der Waals surface area contributed by atoms with Crippen LogP contribution in [0.1, 0.15) is 347 Å². The molecule has 0 aromatic rings. The molecule has 40 heteroatoms. The van der Waals surface area contributed by atoms with Crippen LogP contribution >= 0.6 is 143 Å². The van der Waals surface area contributed by atoms with Crippen molar-refractivity contribution in [2.45, 2.75) is 378 Å². The first-order valence-electron chi connectivity index (χ1n) is 46.6. The number of nitrogens with one attached hydrogen (secondary N) is 4. The maximum absolute atomic E-state index is 12.0. The molecule has 0 aliphatic heterocycles. The highest BCUT2D eigenvalue weighted by atomic mass is 79.9. The zero-order valence-corrected chi connectivity index (χ0v) is 95.9. The van der Waals surface area contributed by atoms with Crippen molar-refractivity contribution in [1.82, 2.24) is 21.3 Å². The topological polar surface area (TPSA) is 476 Å². The molecule has 4 amide bonds. The minimum absolute atomic E-state index is 0.191. The molecule has 6 atom stereocenters. The number of carbonyl (C=O) groups is 15. The predicted octanol–water partition coefficient (Wildman–Crippen LogP) is 20.9. The van der Waals surface area contributed by atoms with Crippen molar-refractivity contribution < 1.29 is 126 Å². The lowest BCUT2D eigenvalue weighted by Gasteiger charge is -2.24. The van der Waals surface area contributed by atoms with Gasteiger partial charge in [-0.1, -0.05) is 291 Å². The van der Waals surface area contributed by atoms with Gasteiger partial charge in [0.2, 0.25) is 23.6 Å². The molecule has 0 rings (SSSR count). The van der Waals surface area contributed by atoms with Crippen molar-refractivity contribution in [3.8, 4) is 0 Å². The van der Waals surface area contributed by atoms with Crippen LogP contribution in [0.2, 0.25) is 0 Å². The van der Waals surface area contributed by atoms with Gasteiger partial charge in [-0.25, -0.2) is 19.2 Å². The molecular weight excluding hydrogens is 2310 g/mol. The van der Waals surface area contributed by atoms with Crippen LogP contribution in [0, 0.1) is 16.7 Å². The highest BCUT2D eigenvalue weighted by Crippen LogP contribution is 2.30. The predicted molar refractivity (Wildman–Crippen MR) is 555 cm³/mol. The first kappa shape index (κ1) is 146. The Bertz CT molecular complexity index is 2780. The fourth-order valence-corrected chi connectivity index (χ4v) is 14.7. The van der Waals surface area contributed by atoms with Gasteiger partial charge in [-0.15, -0.1) is 0 Å². The Morgan fingerprint density at radius 3 is 0.659 bits per heavy atom. The molecule has 5 unspecified atom stereocenters. The van der Waals surface area contributed by atoms with Crippen molar-refractivity contribution in [3.63, 3.8) is 0 Å². The lowest BCUT2D eigenvalue weighted by atomic mass is 9.84. The average molecular weight is 2480 g/mol. The van der Waals surface area contributed by atoms with E-state index < -0.39 is 101 Å². The smallest absolute Gasteiger partial charge is 0.328 e. The summed E-state index contributed by atoms with van der Waals surface area (Å²) < 4.78 is 33.9. The molecule has 0 bridgehead atoms. The summed E-state index contributed by atoms with van der Waals surface area (Å²) in [5, 5.41) is 54.6. The fourth-order valence-electron chi connectivity index (χ4n) is 11.1. The van der Waals surface area contributed by atoms with E-state index in [1.807, 2.05) is 0 Å². The van der Waals surface area contributed by atoms with Gasteiger partial charge in [0.05, 0.1) is 46.2 Å². The van der Waals surface area contributed by atoms with Gasteiger partial charge >= 0.3 is 65.7 Å². The van der Waals surface area contributed by atoms with E-state index in [0.29, 0.717) is 58.2 Å². The number of amides is 4. The number of carboxylic acid groups (broad SMARTS) is 4. The number of rotatable bonds is 69. The first-order valence-corrected chi connectivity index (χ1v) is 56.7. The molecule has 0 fully saturated rings. The lowest BCUT2D eigenvalue weighted by Crippen LogP contribution is -2.40. The zero-order chi connectivity index (χ0) is 103. The Kier molecular flexibility index (Phi) is 119. The van der Waals surface area contributed by atoms with Crippen LogP contribution in [-0.4, -0.2) is 234 Å². The Hall–Kier alpha value is -3.67. The summed E-state index contributed by atoms with van der Waals surface area (Å²) in [6, 6.07) is -3.11. The third kappa shape index (κ3) is 99.3. The van der Waals surface area contributed by atoms with Crippen LogP contribution < -0.4 is 27.0 Å². The number of carboxylic acids is 4. The summed E-state index contributed by atoms with van der Waals surface area (Å²) in [6.45, 7) is 24.1. The third-order valence-electron chi connectivity index (χ3n) is 18.5. The van der Waals surface area contributed by atoms with Crippen LogP contribution in [0.3, 0.4) is 0 Å². The summed E-state index contributed by atoms with van der Waals surface area (Å²) in [5.41, 5.74) is 2.76. The molecule has 0 spiro atoms. The molecule has 0 saturated carbocycles. The van der Waals surface area contributed by atoms with E-state index in [1.54, 1.807) is 55.4 Å². The maximum atomic E-state index is 12.0. The summed E-state index contributed by atoms with van der Waals surface area (Å²) in [7, 11) is 0. The fraction of sp³-hybridized carbons (Fsp3) is 0.837. The highest BCUT2D eigenvalue weighted by molar-refractivity contribution is 9.10. The zero-order valence-electron chi connectivity index (χ0n) is 81.6. The number of carbonyl (C=O) groups excluding carboxylic acids is 11. The standard InChI is InChI=1S/C14H25BrO4.2C12H22BrNO3.C12H21BrO4.2C10H18BrNO3.C8H16BrNO2.C8H14O4.C6H12Br2/c1-4-18-12(16)14(3,13(17)19-5-2)10-8-6-7-9-11-15;2*1-3-17-12(16)11(14-10(2)15)8-6-4-5-7-9-13;1-3-17-11(16)12(2,10(14)15)8-6-4-5-7-9-13;2*1-8(13)12-9(10(14)15)6-4-2-3-5-7-11;9-6-4-2-1-3-5-7(10)8(11)12;1-4-11-7(9)6(3)8(10)12-5-2;7-5-3-1-2-4-6-8/h4-11H2,1-3H3;2*11H,3-9H2,1-2H3,(H,14,15);3-9H2,1-2H3,(H,14,15);2*9H,2-7H2,1H3,(H,12,13)(H,14,15);7H,1-6,10H2,(H,11,12);6H,4-5H2,1-3H3;1-6H2/t;;;;;;7-;;/m......0../s1. The Morgan fingerprint density at radius 1 is 0.265 bits per heavy atom. The molecule has 132 heavy (non-hydrogen) atoms. The minimum atomic E-state index is -1.40. The van der Waals surface area contributed by atoms with E-state index in [-0.39, 0.29) is 68.6 Å². The second-order valence-corrected chi connectivity index (χ2v) is 37.6. The van der Waals surface area contributed by atoms with Crippen LogP contribution in [-0.2, 0) is 105 Å². The molecule has 10 N–H and O–H groups in total. The third-order valence-corrected chi connectivity index (χ3v) is 23.6. The van der Waals surface area contributed by atoms with E-state index in [0.717, 1.165) is 228 Å². The van der Waals surface area contributed by atoms with Gasteiger partial charge in [0.15, 0.2) is 16.7 Å². The van der Waals surface area contributed by atoms with E-state index in [9.17, 15) is 71.9 Å². The largest absolute Gasteiger partial charge is 0.480 e. The van der Waals surface area contributed by atoms with E-state index in [2.05, 4.69) is 174 Å². The molecule has 0 aliphatic rings. The number of ether oxygens (including phenoxy) is 7. The van der Waals surface area contributed by atoms with Gasteiger partial charge in [-0.2, -0.15) is 0 Å². The molecule has 0 saturated heterocycles. The Morgan fingerprint density at radius 2 is 0.455 bits per heavy atom. The molecule has 780 valence electrons. The SMILES string of the molecule is BrCCCCCCBr.CC(=O)NC(CCCCCCBr)C(=O)O.CC(=O)NC(CCCCCCBr)C(=O)O.CCOC(=O)C(C)(CCCCCCBr)C(=O)O.CCOC(=O)C(C)(CCCCCCBr)C(=O)OCC.CCOC(=O)C(C)C(=O)OCC.CCOC(=O)C(CCCCCCBr)NC(C)=O.CCOC(=O)C(CCCCCCBr)NC(C)=O.N[C@@H](CCCCCCBr)C(=O)O. The van der Waals surface area contributed by atoms with Gasteiger partial charge in [0.1, 0.15) is 30.2 Å². The Balaban J connectivity index is -0.000000186. The lowest BCUT2D eigenvalue weighted by molar-refractivity contribution is -0.172. The number of aliphatic carboxylic acids is 4. The average Bonchev–Trinajstić information content (AvgIpc) is 0.833. The molecule has 0 aliphatic carbocycles. The first-order chi connectivity index (χ1) is 62.6. The van der Waals surface area contributed by atoms with Crippen molar-refractivity contribution in [3.05, 3.63) is 0 Å². The molecule has 0 aromatic heterocycles. The number of nitrogens with two attached hydrogens (primary N) is 1. The number of alkyl halides is 9. The van der Waals surface area contributed by atoms with Gasteiger partial charge in [0, 0.05) is 75.7 Å². The van der Waals surface area contributed by atoms with Crippen molar-refractivity contribution >= 4 is 233 Å². The monoisotopic (exact) mass is 2470 g/mol. The van der Waals surface area contributed by atoms with Gasteiger partial charge < -0.3 is 80.6 Å². The second kappa shape index (κ2) is 108. The normalized spacial score (nSPS) is 11.9. The van der Waals surface area contributed by atoms with Crippen molar-refractivity contribution in [2.75, 3.05) is 94.2 Å². The molecule has 0 aromatic carbocycles.